The number of nitrogens with one attached hydrogen (secondary N) is 1. The van der Waals surface area contributed by atoms with Gasteiger partial charge in [-0.3, -0.25) is 9.36 Å². The molecule has 3 aromatic rings. The summed E-state index contributed by atoms with van der Waals surface area (Å²) in [5.74, 6) is -0.0550. The van der Waals surface area contributed by atoms with E-state index in [2.05, 4.69) is 14.9 Å². The summed E-state index contributed by atoms with van der Waals surface area (Å²) in [7, 11) is -4.07. The molecule has 14 heteroatoms. The number of aromatic nitrogens is 3. The lowest BCUT2D eigenvalue weighted by atomic mass is 10.1. The molecule has 2 aliphatic rings. The van der Waals surface area contributed by atoms with E-state index in [1.54, 1.807) is 23.2 Å². The molecule has 1 amide bonds. The number of hydrogen-bond acceptors (Lipinski definition) is 8. The van der Waals surface area contributed by atoms with Crippen LogP contribution in [0.5, 0.6) is 0 Å². The molecule has 196 valence electrons. The maximum Gasteiger partial charge on any atom is 0.291 e. The Morgan fingerprint density at radius 1 is 1.19 bits per heavy atom. The third kappa shape index (κ3) is 4.78. The Hall–Kier alpha value is -3.15. The summed E-state index contributed by atoms with van der Waals surface area (Å²) in [4.78, 5) is 16.2. The van der Waals surface area contributed by atoms with Crippen molar-refractivity contribution in [1.29, 1.82) is 5.26 Å². The molecule has 1 N–H and O–H groups in total. The number of halogens is 2. The number of hydrogen-bond donors (Lipinski definition) is 1. The molecule has 0 atom stereocenters. The summed E-state index contributed by atoms with van der Waals surface area (Å²) in [6.07, 6.45) is -0.263. The van der Waals surface area contributed by atoms with E-state index in [1.165, 1.54) is 10.6 Å². The van der Waals surface area contributed by atoms with Gasteiger partial charge >= 0.3 is 0 Å². The van der Waals surface area contributed by atoms with Gasteiger partial charge in [-0.05, 0) is 31.0 Å². The lowest BCUT2D eigenvalue weighted by molar-refractivity contribution is -0.134. The molecule has 0 radical (unpaired) electrons. The van der Waals surface area contributed by atoms with E-state index >= 15 is 0 Å². The summed E-state index contributed by atoms with van der Waals surface area (Å²) in [6, 6.07) is 6.83. The van der Waals surface area contributed by atoms with Crippen LogP contribution in [0, 0.1) is 17.2 Å². The van der Waals surface area contributed by atoms with E-state index in [0.717, 1.165) is 11.3 Å². The summed E-state index contributed by atoms with van der Waals surface area (Å²) < 4.78 is 57.0. The average molecular weight is 550 g/mol. The first-order valence-corrected chi connectivity index (χ1v) is 14.1. The van der Waals surface area contributed by atoms with Crippen LogP contribution in [0.3, 0.4) is 0 Å². The zero-order valence-electron chi connectivity index (χ0n) is 20.2. The highest BCUT2D eigenvalue weighted by molar-refractivity contribution is 7.89. The smallest absolute Gasteiger partial charge is 0.291 e. The Labute approximate surface area is 216 Å². The molecule has 2 fully saturated rings. The van der Waals surface area contributed by atoms with E-state index in [0.29, 0.717) is 55.6 Å². The first kappa shape index (κ1) is 25.5. The number of sulfonamides is 1. The molecule has 5 rings (SSSR count). The minimum atomic E-state index is -4.07. The van der Waals surface area contributed by atoms with Crippen LogP contribution >= 0.6 is 11.3 Å². The van der Waals surface area contributed by atoms with Gasteiger partial charge < -0.3 is 9.80 Å². The lowest BCUT2D eigenvalue weighted by Gasteiger charge is -2.37. The number of piperazine rings is 1. The van der Waals surface area contributed by atoms with Gasteiger partial charge in [-0.1, -0.05) is 25.2 Å². The third-order valence-corrected chi connectivity index (χ3v) is 9.06. The Morgan fingerprint density at radius 3 is 2.46 bits per heavy atom. The molecule has 1 saturated carbocycles. The van der Waals surface area contributed by atoms with Gasteiger partial charge in [0.2, 0.25) is 21.1 Å². The van der Waals surface area contributed by atoms with Crippen molar-refractivity contribution in [3.8, 4) is 11.2 Å². The Bertz CT molecular complexity index is 1500. The van der Waals surface area contributed by atoms with Gasteiger partial charge in [0.05, 0.1) is 16.5 Å². The maximum absolute atomic E-state index is 13.3. The van der Waals surface area contributed by atoms with Gasteiger partial charge in [0.1, 0.15) is 5.54 Å². The van der Waals surface area contributed by atoms with Crippen LogP contribution in [0.25, 0.3) is 16.0 Å². The monoisotopic (exact) mass is 549 g/mol. The average Bonchev–Trinajstić information content (AvgIpc) is 3.26. The number of benzene rings is 1. The van der Waals surface area contributed by atoms with E-state index in [4.69, 9.17) is 0 Å². The normalized spacial score (nSPS) is 17.5. The van der Waals surface area contributed by atoms with Crippen LogP contribution in [0.4, 0.5) is 14.5 Å². The number of nitrogens with zero attached hydrogens (tertiary/aromatic N) is 6. The number of alkyl halides is 2. The van der Waals surface area contributed by atoms with Crippen LogP contribution in [-0.4, -0.2) is 65.7 Å². The topological polar surface area (TPSA) is 124 Å². The Morgan fingerprint density at radius 2 is 1.89 bits per heavy atom. The van der Waals surface area contributed by atoms with E-state index in [9.17, 15) is 27.3 Å². The van der Waals surface area contributed by atoms with Gasteiger partial charge in [-0.15, -0.1) is 10.2 Å². The molecule has 3 heterocycles. The minimum absolute atomic E-state index is 0.0456. The number of carbonyl (C=O) groups excluding carboxylic acids is 1. The molecule has 1 aromatic carbocycles. The van der Waals surface area contributed by atoms with E-state index in [-0.39, 0.29) is 21.9 Å². The van der Waals surface area contributed by atoms with Crippen molar-refractivity contribution in [3.63, 3.8) is 0 Å². The van der Waals surface area contributed by atoms with Crippen molar-refractivity contribution < 1.29 is 22.0 Å². The van der Waals surface area contributed by atoms with Gasteiger partial charge in [-0.25, -0.2) is 17.2 Å². The zero-order valence-corrected chi connectivity index (χ0v) is 21.8. The number of amides is 1. The summed E-state index contributed by atoms with van der Waals surface area (Å²) >= 11 is 0.723. The van der Waals surface area contributed by atoms with Crippen molar-refractivity contribution >= 4 is 43.9 Å². The molecule has 37 heavy (non-hydrogen) atoms. The highest BCUT2D eigenvalue weighted by atomic mass is 32.2. The summed E-state index contributed by atoms with van der Waals surface area (Å²) in [5, 5.41) is 17.3. The molecule has 2 aromatic heterocycles. The number of anilines is 1. The maximum atomic E-state index is 13.3. The lowest BCUT2D eigenvalue weighted by Crippen LogP contribution is -2.50. The molecule has 0 bridgehead atoms. The number of carbonyl (C=O) groups is 1. The fourth-order valence-electron chi connectivity index (χ4n) is 4.40. The molecule has 0 unspecified atom stereocenters. The van der Waals surface area contributed by atoms with Crippen molar-refractivity contribution in [2.75, 3.05) is 31.1 Å². The molecule has 0 spiro atoms. The van der Waals surface area contributed by atoms with Gasteiger partial charge in [0, 0.05) is 49.4 Å². The SMILES string of the molecule is CC(C)C(=O)N1CCN(c2cc(S(=O)(=O)NC3(C#N)CC3)cc3c2ccn3-c2nnc(C(F)F)s2)CC1. The molecular weight excluding hydrogens is 524 g/mol. The second-order valence-electron chi connectivity index (χ2n) is 9.55. The van der Waals surface area contributed by atoms with E-state index in [1.807, 2.05) is 24.8 Å². The fourth-order valence-corrected chi connectivity index (χ4v) is 6.52. The zero-order chi connectivity index (χ0) is 26.5. The largest absolute Gasteiger partial charge is 0.367 e. The Balaban J connectivity index is 1.57. The highest BCUT2D eigenvalue weighted by Crippen LogP contribution is 2.38. The summed E-state index contributed by atoms with van der Waals surface area (Å²) in [6.45, 7) is 5.66. The second-order valence-corrected chi connectivity index (χ2v) is 12.2. The molecule has 1 saturated heterocycles. The van der Waals surface area contributed by atoms with Gasteiger partial charge in [-0.2, -0.15) is 9.98 Å². The predicted octanol–water partition coefficient (Wildman–Crippen LogP) is 3.06. The number of nitriles is 1. The van der Waals surface area contributed by atoms with Gasteiger partial charge in [0.25, 0.3) is 6.43 Å². The van der Waals surface area contributed by atoms with Crippen molar-refractivity contribution in [1.82, 2.24) is 24.4 Å². The number of rotatable bonds is 7. The Kier molecular flexibility index (Phi) is 6.41. The molecule has 1 aliphatic carbocycles. The quantitative estimate of drug-likeness (QED) is 0.480. The first-order valence-electron chi connectivity index (χ1n) is 11.8. The second kappa shape index (κ2) is 9.30. The minimum Gasteiger partial charge on any atom is -0.367 e. The van der Waals surface area contributed by atoms with Crippen molar-refractivity contribution in [2.45, 2.75) is 43.5 Å². The fraction of sp³-hybridized carbons (Fsp3) is 0.478. The van der Waals surface area contributed by atoms with Crippen LogP contribution in [0.15, 0.2) is 29.3 Å². The molecular formula is C23H25F2N7O3S2. The molecule has 1 aliphatic heterocycles. The first-order chi connectivity index (χ1) is 17.5. The van der Waals surface area contributed by atoms with E-state index < -0.39 is 27.0 Å². The number of fused-ring (bicyclic) bond motifs is 1. The van der Waals surface area contributed by atoms with Crippen molar-refractivity contribution in [3.05, 3.63) is 29.4 Å². The summed E-state index contributed by atoms with van der Waals surface area (Å²) in [5.41, 5.74) is -0.0181. The van der Waals surface area contributed by atoms with Crippen LogP contribution in [0.2, 0.25) is 0 Å². The van der Waals surface area contributed by atoms with Crippen molar-refractivity contribution in [2.24, 2.45) is 5.92 Å². The van der Waals surface area contributed by atoms with Crippen LogP contribution < -0.4 is 9.62 Å². The van der Waals surface area contributed by atoms with Crippen LogP contribution in [0.1, 0.15) is 38.1 Å². The highest BCUT2D eigenvalue weighted by Gasteiger charge is 2.47. The molecule has 10 nitrogen and oxygen atoms in total. The van der Waals surface area contributed by atoms with Crippen LogP contribution in [-0.2, 0) is 14.8 Å². The predicted molar refractivity (Wildman–Crippen MR) is 133 cm³/mol. The standard InChI is InChI=1S/C23H25F2N7O3S2/c1-14(2)21(33)31-9-7-30(8-10-31)17-11-15(37(34,35)29-23(13-26)4-5-23)12-18-16(17)3-6-32(18)22-28-27-20(36-22)19(24)25/h3,6,11-12,14,19,29H,4-5,7-10H2,1-2H3. The third-order valence-electron chi connectivity index (χ3n) is 6.61. The van der Waals surface area contributed by atoms with Gasteiger partial charge in [0.15, 0.2) is 5.01 Å².